The molecule has 4 nitrogen and oxygen atoms in total. The summed E-state index contributed by atoms with van der Waals surface area (Å²) in [5, 5.41) is 8.40. The molecule has 0 rings (SSSR count). The van der Waals surface area contributed by atoms with E-state index < -0.39 is 0 Å². The van der Waals surface area contributed by atoms with Gasteiger partial charge >= 0.3 is 0 Å². The van der Waals surface area contributed by atoms with Crippen LogP contribution in [0, 0.1) is 0 Å². The maximum Gasteiger partial charge on any atom is 0.0701 e. The fourth-order valence-corrected chi connectivity index (χ4v) is 0.853. The molecule has 0 aliphatic carbocycles. The Balaban J connectivity index is 0. The quantitative estimate of drug-likeness (QED) is 0.449. The van der Waals surface area contributed by atoms with Crippen LogP contribution in [-0.4, -0.2) is 51.4 Å². The average Bonchev–Trinajstić information content (AvgIpc) is 2.33. The van der Waals surface area contributed by atoms with Gasteiger partial charge < -0.3 is 19.3 Å². The summed E-state index contributed by atoms with van der Waals surface area (Å²) in [6.45, 7) is 11.0. The zero-order valence-corrected chi connectivity index (χ0v) is 11.3. The molecule has 0 saturated heterocycles. The summed E-state index contributed by atoms with van der Waals surface area (Å²) in [5.74, 6) is 0. The van der Waals surface area contributed by atoms with Crippen LogP contribution in [0.15, 0.2) is 12.7 Å². The van der Waals surface area contributed by atoms with Crippen molar-refractivity contribution in [1.29, 1.82) is 0 Å². The first-order valence-corrected chi connectivity index (χ1v) is 6.24. The molecule has 0 aliphatic rings. The number of rotatable bonds is 11. The standard InChI is InChI=1S/C10H22O4.C3H6/c1-2-3-5-12-7-9-14-10-8-13-6-4-11;1-3-2/h11H,2-10H2,1H3;3H,1H2,2H3. The first kappa shape index (κ1) is 18.9. The summed E-state index contributed by atoms with van der Waals surface area (Å²) in [4.78, 5) is 0. The highest BCUT2D eigenvalue weighted by molar-refractivity contribution is 4.51. The monoisotopic (exact) mass is 248 g/mol. The van der Waals surface area contributed by atoms with Gasteiger partial charge in [-0.3, -0.25) is 0 Å². The van der Waals surface area contributed by atoms with Gasteiger partial charge in [0.15, 0.2) is 0 Å². The molecule has 4 heteroatoms. The van der Waals surface area contributed by atoms with Gasteiger partial charge in [0, 0.05) is 6.61 Å². The number of aliphatic hydroxyl groups is 1. The smallest absolute Gasteiger partial charge is 0.0701 e. The number of hydrogen-bond acceptors (Lipinski definition) is 4. The van der Waals surface area contributed by atoms with Gasteiger partial charge in [-0.15, -0.1) is 6.58 Å². The predicted molar refractivity (Wildman–Crippen MR) is 70.3 cm³/mol. The number of hydrogen-bond donors (Lipinski definition) is 1. The lowest BCUT2D eigenvalue weighted by molar-refractivity contribution is 0.00735. The van der Waals surface area contributed by atoms with Gasteiger partial charge in [0.25, 0.3) is 0 Å². The molecule has 0 amide bonds. The third kappa shape index (κ3) is 25.7. The van der Waals surface area contributed by atoms with Crippen molar-refractivity contribution >= 4 is 0 Å². The van der Waals surface area contributed by atoms with Gasteiger partial charge in [-0.25, -0.2) is 0 Å². The zero-order valence-electron chi connectivity index (χ0n) is 11.3. The molecule has 0 fully saturated rings. The molecule has 0 saturated carbocycles. The van der Waals surface area contributed by atoms with Crippen molar-refractivity contribution in [1.82, 2.24) is 0 Å². The minimum atomic E-state index is 0.0696. The van der Waals surface area contributed by atoms with E-state index in [1.54, 1.807) is 6.08 Å². The van der Waals surface area contributed by atoms with Crippen molar-refractivity contribution < 1.29 is 19.3 Å². The number of unbranched alkanes of at least 4 members (excludes halogenated alkanes) is 1. The molecule has 0 unspecified atom stereocenters. The molecule has 0 aromatic carbocycles. The molecule has 0 aromatic heterocycles. The van der Waals surface area contributed by atoms with Gasteiger partial charge in [0.2, 0.25) is 0 Å². The van der Waals surface area contributed by atoms with Crippen molar-refractivity contribution in [3.63, 3.8) is 0 Å². The molecule has 0 aliphatic heterocycles. The van der Waals surface area contributed by atoms with E-state index >= 15 is 0 Å². The highest BCUT2D eigenvalue weighted by Crippen LogP contribution is 1.87. The second kappa shape index (κ2) is 20.9. The third-order valence-electron chi connectivity index (χ3n) is 1.62. The Kier molecular flexibility index (Phi) is 23.3. The van der Waals surface area contributed by atoms with Gasteiger partial charge in [-0.1, -0.05) is 19.4 Å². The Hall–Kier alpha value is -0.420. The van der Waals surface area contributed by atoms with E-state index in [4.69, 9.17) is 19.3 Å². The van der Waals surface area contributed by atoms with Crippen LogP contribution in [0.1, 0.15) is 26.7 Å². The van der Waals surface area contributed by atoms with Crippen LogP contribution >= 0.6 is 0 Å². The van der Waals surface area contributed by atoms with E-state index in [0.717, 1.165) is 19.4 Å². The fraction of sp³-hybridized carbons (Fsp3) is 0.846. The van der Waals surface area contributed by atoms with Crippen molar-refractivity contribution in [2.45, 2.75) is 26.7 Å². The molecule has 0 spiro atoms. The van der Waals surface area contributed by atoms with Crippen molar-refractivity contribution in [3.05, 3.63) is 12.7 Å². The first-order chi connectivity index (χ1) is 8.33. The van der Waals surface area contributed by atoms with E-state index in [0.29, 0.717) is 33.0 Å². The minimum absolute atomic E-state index is 0.0696. The minimum Gasteiger partial charge on any atom is -0.394 e. The maximum absolute atomic E-state index is 8.40. The zero-order chi connectivity index (χ0) is 13.2. The summed E-state index contributed by atoms with van der Waals surface area (Å²) in [6, 6.07) is 0. The van der Waals surface area contributed by atoms with Gasteiger partial charge in [-0.2, -0.15) is 0 Å². The van der Waals surface area contributed by atoms with Crippen LogP contribution in [-0.2, 0) is 14.2 Å². The Labute approximate surface area is 106 Å². The van der Waals surface area contributed by atoms with E-state index in [-0.39, 0.29) is 6.61 Å². The highest BCUT2D eigenvalue weighted by atomic mass is 16.5. The fourth-order valence-electron chi connectivity index (χ4n) is 0.853. The Morgan fingerprint density at radius 2 is 1.35 bits per heavy atom. The molecule has 0 radical (unpaired) electrons. The van der Waals surface area contributed by atoms with Crippen LogP contribution < -0.4 is 0 Å². The van der Waals surface area contributed by atoms with Crippen LogP contribution in [0.5, 0.6) is 0 Å². The van der Waals surface area contributed by atoms with Gasteiger partial charge in [0.1, 0.15) is 0 Å². The highest BCUT2D eigenvalue weighted by Gasteiger charge is 1.90. The number of allylic oxidation sites excluding steroid dienone is 1. The molecule has 0 aromatic rings. The van der Waals surface area contributed by atoms with Crippen molar-refractivity contribution in [2.24, 2.45) is 0 Å². The van der Waals surface area contributed by atoms with Gasteiger partial charge in [0.05, 0.1) is 39.6 Å². The molecule has 1 N–H and O–H groups in total. The topological polar surface area (TPSA) is 47.9 Å². The molecular formula is C13H28O4. The Bertz CT molecular complexity index is 117. The Morgan fingerprint density at radius 3 is 1.76 bits per heavy atom. The van der Waals surface area contributed by atoms with Crippen LogP contribution in [0.4, 0.5) is 0 Å². The lowest BCUT2D eigenvalue weighted by atomic mass is 10.4. The molecule has 0 bridgehead atoms. The van der Waals surface area contributed by atoms with Crippen LogP contribution in [0.25, 0.3) is 0 Å². The van der Waals surface area contributed by atoms with Crippen LogP contribution in [0.3, 0.4) is 0 Å². The summed E-state index contributed by atoms with van der Waals surface area (Å²) in [5.41, 5.74) is 0. The van der Waals surface area contributed by atoms with Crippen LogP contribution in [0.2, 0.25) is 0 Å². The number of ether oxygens (including phenoxy) is 3. The summed E-state index contributed by atoms with van der Waals surface area (Å²) >= 11 is 0. The summed E-state index contributed by atoms with van der Waals surface area (Å²) in [7, 11) is 0. The second-order valence-electron chi connectivity index (χ2n) is 3.32. The molecular weight excluding hydrogens is 220 g/mol. The third-order valence-corrected chi connectivity index (χ3v) is 1.62. The second-order valence-corrected chi connectivity index (χ2v) is 3.32. The normalized spacial score (nSPS) is 9.59. The SMILES string of the molecule is C=CC.CCCCOCCOCCOCCO. The van der Waals surface area contributed by atoms with E-state index in [1.807, 2.05) is 6.92 Å². The average molecular weight is 248 g/mol. The lowest BCUT2D eigenvalue weighted by Gasteiger charge is -2.05. The first-order valence-electron chi connectivity index (χ1n) is 6.24. The number of aliphatic hydroxyl groups excluding tert-OH is 1. The van der Waals surface area contributed by atoms with Crippen molar-refractivity contribution in [3.8, 4) is 0 Å². The Morgan fingerprint density at radius 1 is 0.941 bits per heavy atom. The van der Waals surface area contributed by atoms with Gasteiger partial charge in [-0.05, 0) is 13.3 Å². The van der Waals surface area contributed by atoms with E-state index in [9.17, 15) is 0 Å². The van der Waals surface area contributed by atoms with E-state index in [2.05, 4.69) is 13.5 Å². The molecule has 0 heterocycles. The molecule has 17 heavy (non-hydrogen) atoms. The molecule has 0 atom stereocenters. The van der Waals surface area contributed by atoms with Crippen molar-refractivity contribution in [2.75, 3.05) is 46.2 Å². The van der Waals surface area contributed by atoms with E-state index in [1.165, 1.54) is 0 Å². The largest absolute Gasteiger partial charge is 0.394 e. The summed E-state index contributed by atoms with van der Waals surface area (Å²) < 4.78 is 15.5. The maximum atomic E-state index is 8.40. The lowest BCUT2D eigenvalue weighted by Crippen LogP contribution is -2.11. The summed E-state index contributed by atoms with van der Waals surface area (Å²) in [6.07, 6.45) is 4.02. The predicted octanol–water partition coefficient (Wildman–Crippen LogP) is 2.02. The molecule has 104 valence electrons.